The summed E-state index contributed by atoms with van der Waals surface area (Å²) in [6, 6.07) is 8.23. The summed E-state index contributed by atoms with van der Waals surface area (Å²) in [5.74, 6) is -1.82. The Morgan fingerprint density at radius 2 is 1.96 bits per heavy atom. The fourth-order valence-corrected chi connectivity index (χ4v) is 4.44. The van der Waals surface area contributed by atoms with Gasteiger partial charge in [-0.15, -0.1) is 0 Å². The van der Waals surface area contributed by atoms with Crippen molar-refractivity contribution in [1.29, 1.82) is 0 Å². The number of hydrogen-bond acceptors (Lipinski definition) is 5. The van der Waals surface area contributed by atoms with Gasteiger partial charge in [-0.3, -0.25) is 9.11 Å². The van der Waals surface area contributed by atoms with E-state index in [4.69, 9.17) is 9.84 Å². The predicted molar refractivity (Wildman–Crippen MR) is 88.2 cm³/mol. The first kappa shape index (κ1) is 16.6. The molecule has 0 spiro atoms. The number of benzene rings is 2. The number of carboxylic acid groups (broad SMARTS) is 1. The summed E-state index contributed by atoms with van der Waals surface area (Å²) in [5, 5.41) is 8.93. The topological polar surface area (TPSA) is 90.2 Å². The second-order valence-electron chi connectivity index (χ2n) is 5.48. The highest BCUT2D eigenvalue weighted by Crippen LogP contribution is 2.61. The maximum absolute atomic E-state index is 14.4. The number of fused-ring (bicyclic) bond motifs is 1. The Morgan fingerprint density at radius 3 is 2.58 bits per heavy atom. The lowest BCUT2D eigenvalue weighted by molar-refractivity contribution is 0.0696. The normalized spacial score (nSPS) is 20.0. The molecule has 8 heteroatoms. The smallest absolute Gasteiger partial charge is 0.335 e. The van der Waals surface area contributed by atoms with Gasteiger partial charge in [-0.1, -0.05) is 16.8 Å². The molecule has 24 heavy (non-hydrogen) atoms. The van der Waals surface area contributed by atoms with Crippen molar-refractivity contribution in [2.45, 2.75) is 25.0 Å². The summed E-state index contributed by atoms with van der Waals surface area (Å²) in [7, 11) is -3.54. The molecule has 128 valence electrons. The lowest BCUT2D eigenvalue weighted by Crippen LogP contribution is -2.43. The minimum atomic E-state index is -3.54. The molecule has 1 unspecified atom stereocenters. The van der Waals surface area contributed by atoms with E-state index in [0.29, 0.717) is 5.75 Å². The van der Waals surface area contributed by atoms with Gasteiger partial charge in [0.25, 0.3) is 0 Å². The molecule has 0 amide bonds. The maximum atomic E-state index is 14.4. The average molecular weight is 353 g/mol. The highest BCUT2D eigenvalue weighted by Gasteiger charge is 2.39. The number of carbonyl (C=O) groups is 1. The molecular formula is C16H16FNO5S. The third kappa shape index (κ3) is 2.58. The Morgan fingerprint density at radius 1 is 1.25 bits per heavy atom. The third-order valence-electron chi connectivity index (χ3n) is 3.73. The van der Waals surface area contributed by atoms with Crippen LogP contribution in [0.3, 0.4) is 0 Å². The van der Waals surface area contributed by atoms with Crippen LogP contribution in [0.2, 0.25) is 0 Å². The Balaban J connectivity index is 2.13. The van der Waals surface area contributed by atoms with Crippen LogP contribution in [-0.4, -0.2) is 26.4 Å². The number of aryl methyl sites for hydroxylation is 1. The standard InChI is InChI=1S/C16H16FNO5S/c1-9-3-6-14-15(7-9)24(21,22)18(10(2)23-14)13-5-4-11(16(19)20)8-12(13)17/h3-8,10,21-22H,1-2H3,(H,19,20). The van der Waals surface area contributed by atoms with E-state index in [9.17, 15) is 18.3 Å². The van der Waals surface area contributed by atoms with Crippen LogP contribution in [0.5, 0.6) is 5.75 Å². The molecule has 3 rings (SSSR count). The van der Waals surface area contributed by atoms with Crippen LogP contribution in [0.4, 0.5) is 10.1 Å². The van der Waals surface area contributed by atoms with Crippen molar-refractivity contribution in [1.82, 2.24) is 0 Å². The van der Waals surface area contributed by atoms with Gasteiger partial charge >= 0.3 is 5.97 Å². The summed E-state index contributed by atoms with van der Waals surface area (Å²) in [5.41, 5.74) is 0.433. The molecule has 3 N–H and O–H groups in total. The Hall–Kier alpha value is -2.29. The van der Waals surface area contributed by atoms with E-state index in [-0.39, 0.29) is 16.1 Å². The molecule has 0 aromatic heterocycles. The molecule has 0 radical (unpaired) electrons. The number of anilines is 1. The Labute approximate surface area is 139 Å². The highest BCUT2D eigenvalue weighted by atomic mass is 32.3. The number of aromatic carboxylic acids is 1. The second kappa shape index (κ2) is 5.66. The molecule has 0 saturated carbocycles. The Kier molecular flexibility index (Phi) is 3.90. The van der Waals surface area contributed by atoms with Gasteiger partial charge in [0.05, 0.1) is 11.3 Å². The molecule has 0 fully saturated rings. The van der Waals surface area contributed by atoms with Crippen molar-refractivity contribution in [3.63, 3.8) is 0 Å². The summed E-state index contributed by atoms with van der Waals surface area (Å²) >= 11 is 0. The van der Waals surface area contributed by atoms with Gasteiger partial charge in [0.15, 0.2) is 6.23 Å². The molecule has 1 aliphatic rings. The van der Waals surface area contributed by atoms with Crippen LogP contribution >= 0.6 is 10.8 Å². The quantitative estimate of drug-likeness (QED) is 0.753. The van der Waals surface area contributed by atoms with Crippen molar-refractivity contribution in [3.8, 4) is 5.75 Å². The maximum Gasteiger partial charge on any atom is 0.335 e. The van der Waals surface area contributed by atoms with Gasteiger partial charge in [0.2, 0.25) is 0 Å². The minimum Gasteiger partial charge on any atom is -0.478 e. The van der Waals surface area contributed by atoms with Gasteiger partial charge in [0, 0.05) is 0 Å². The summed E-state index contributed by atoms with van der Waals surface area (Å²) in [6.07, 6.45) is -0.851. The van der Waals surface area contributed by atoms with Crippen molar-refractivity contribution in [2.24, 2.45) is 0 Å². The second-order valence-corrected chi connectivity index (χ2v) is 7.35. The molecule has 1 atom stereocenters. The summed E-state index contributed by atoms with van der Waals surface area (Å²) in [4.78, 5) is 11.1. The molecule has 0 bridgehead atoms. The first-order chi connectivity index (χ1) is 11.2. The number of halogens is 1. The Bertz CT molecular complexity index is 826. The predicted octanol–water partition coefficient (Wildman–Crippen LogP) is 4.10. The largest absolute Gasteiger partial charge is 0.478 e. The number of ether oxygens (including phenoxy) is 1. The number of carboxylic acids is 1. The average Bonchev–Trinajstić information content (AvgIpc) is 2.49. The molecule has 2 aromatic carbocycles. The van der Waals surface area contributed by atoms with Crippen molar-refractivity contribution in [3.05, 3.63) is 53.3 Å². The van der Waals surface area contributed by atoms with Crippen molar-refractivity contribution >= 4 is 22.4 Å². The van der Waals surface area contributed by atoms with Crippen LogP contribution in [0.15, 0.2) is 41.3 Å². The van der Waals surface area contributed by atoms with E-state index in [2.05, 4.69) is 0 Å². The van der Waals surface area contributed by atoms with Gasteiger partial charge in [-0.05, 0) is 49.7 Å². The van der Waals surface area contributed by atoms with Crippen LogP contribution in [0.1, 0.15) is 22.8 Å². The highest BCUT2D eigenvalue weighted by molar-refractivity contribution is 8.25. The lowest BCUT2D eigenvalue weighted by atomic mass is 10.2. The van der Waals surface area contributed by atoms with Crippen LogP contribution in [0, 0.1) is 12.7 Å². The molecule has 1 heterocycles. The van der Waals surface area contributed by atoms with Gasteiger partial charge in [-0.2, -0.15) is 0 Å². The van der Waals surface area contributed by atoms with E-state index in [0.717, 1.165) is 15.9 Å². The van der Waals surface area contributed by atoms with Crippen LogP contribution in [-0.2, 0) is 0 Å². The summed E-state index contributed by atoms with van der Waals surface area (Å²) < 4.78 is 42.6. The molecule has 0 saturated heterocycles. The molecular weight excluding hydrogens is 337 g/mol. The third-order valence-corrected chi connectivity index (χ3v) is 5.68. The van der Waals surface area contributed by atoms with E-state index in [1.54, 1.807) is 32.0 Å². The van der Waals surface area contributed by atoms with Gasteiger partial charge in [0.1, 0.15) is 16.5 Å². The van der Waals surface area contributed by atoms with Crippen molar-refractivity contribution in [2.75, 3.05) is 4.31 Å². The fraction of sp³-hybridized carbons (Fsp3) is 0.188. The zero-order valence-electron chi connectivity index (χ0n) is 12.9. The molecule has 2 aromatic rings. The zero-order chi connectivity index (χ0) is 17.6. The minimum absolute atomic E-state index is 0.139. The van der Waals surface area contributed by atoms with E-state index in [1.165, 1.54) is 12.1 Å². The van der Waals surface area contributed by atoms with Gasteiger partial charge < -0.3 is 9.84 Å². The van der Waals surface area contributed by atoms with E-state index in [1.807, 2.05) is 0 Å². The van der Waals surface area contributed by atoms with Crippen LogP contribution < -0.4 is 9.04 Å². The molecule has 6 nitrogen and oxygen atoms in total. The summed E-state index contributed by atoms with van der Waals surface area (Å²) in [6.45, 7) is 3.35. The molecule has 1 aliphatic heterocycles. The lowest BCUT2D eigenvalue weighted by Gasteiger charge is -2.50. The first-order valence-corrected chi connectivity index (χ1v) is 8.60. The molecule has 0 aliphatic carbocycles. The number of hydrogen-bond donors (Lipinski definition) is 3. The van der Waals surface area contributed by atoms with E-state index < -0.39 is 28.8 Å². The zero-order valence-corrected chi connectivity index (χ0v) is 13.7. The van der Waals surface area contributed by atoms with Crippen molar-refractivity contribution < 1.29 is 28.1 Å². The fourth-order valence-electron chi connectivity index (χ4n) is 2.62. The van der Waals surface area contributed by atoms with Crippen LogP contribution in [0.25, 0.3) is 0 Å². The first-order valence-electron chi connectivity index (χ1n) is 7.09. The number of nitrogens with zero attached hydrogens (tertiary/aromatic N) is 1. The number of rotatable bonds is 2. The monoisotopic (exact) mass is 353 g/mol. The van der Waals surface area contributed by atoms with E-state index >= 15 is 0 Å². The van der Waals surface area contributed by atoms with Gasteiger partial charge in [-0.25, -0.2) is 13.5 Å². The SMILES string of the molecule is Cc1ccc2c(c1)S(O)(O)N(c1ccc(C(=O)O)cc1F)C(C)O2.